The third-order valence-electron chi connectivity index (χ3n) is 5.21. The van der Waals surface area contributed by atoms with Gasteiger partial charge in [-0.15, -0.1) is 23.5 Å². The Kier molecular flexibility index (Phi) is 7.15. The molecule has 1 aliphatic rings. The molecular formula is C22H29NO3S2. The molecule has 0 saturated carbocycles. The van der Waals surface area contributed by atoms with E-state index in [0.29, 0.717) is 5.92 Å². The number of nitrogens with zero attached hydrogens (tertiary/aromatic N) is 1. The highest BCUT2D eigenvalue weighted by atomic mass is 32.2. The number of rotatable bonds is 7. The van der Waals surface area contributed by atoms with E-state index in [4.69, 9.17) is 14.1 Å². The first-order chi connectivity index (χ1) is 13.4. The number of carbonyl (C=O) groups is 1. The molecule has 0 aliphatic carbocycles. The van der Waals surface area contributed by atoms with Gasteiger partial charge in [-0.25, -0.2) is 9.78 Å². The number of benzene rings is 1. The van der Waals surface area contributed by atoms with E-state index in [1.807, 2.05) is 13.8 Å². The summed E-state index contributed by atoms with van der Waals surface area (Å²) < 4.78 is 10.4. The zero-order valence-electron chi connectivity index (χ0n) is 17.1. The maximum atomic E-state index is 11.9. The Hall–Kier alpha value is -1.40. The largest absolute Gasteiger partial charge is 0.467 e. The predicted molar refractivity (Wildman–Crippen MR) is 118 cm³/mol. The van der Waals surface area contributed by atoms with Crippen LogP contribution in [0, 0.1) is 19.8 Å². The summed E-state index contributed by atoms with van der Waals surface area (Å²) in [5.41, 5.74) is 3.34. The summed E-state index contributed by atoms with van der Waals surface area (Å²) in [7, 11) is 1.47. The van der Waals surface area contributed by atoms with Crippen LogP contribution < -0.4 is 0 Å². The molecule has 1 saturated heterocycles. The van der Waals surface area contributed by atoms with Crippen molar-refractivity contribution in [3.8, 4) is 11.5 Å². The fourth-order valence-electron chi connectivity index (χ4n) is 3.32. The lowest BCUT2D eigenvalue weighted by molar-refractivity contribution is -0.140. The summed E-state index contributed by atoms with van der Waals surface area (Å²) in [5, 5.41) is 0. The van der Waals surface area contributed by atoms with Crippen molar-refractivity contribution in [2.45, 2.75) is 50.5 Å². The summed E-state index contributed by atoms with van der Waals surface area (Å²) >= 11 is 3.45. The molecule has 2 heterocycles. The zero-order valence-corrected chi connectivity index (χ0v) is 18.8. The number of thioether (sulfide) groups is 2. The second-order valence-corrected chi connectivity index (χ2v) is 10.7. The van der Waals surface area contributed by atoms with Crippen LogP contribution in [0.5, 0.6) is 0 Å². The quantitative estimate of drug-likeness (QED) is 0.426. The number of esters is 1. The van der Waals surface area contributed by atoms with Gasteiger partial charge in [-0.05, 0) is 69.6 Å². The number of hydrogen-bond donors (Lipinski definition) is 0. The Balaban J connectivity index is 1.44. The Labute approximate surface area is 176 Å². The third-order valence-corrected chi connectivity index (χ3v) is 8.63. The second-order valence-electron chi connectivity index (χ2n) is 7.56. The predicted octanol–water partition coefficient (Wildman–Crippen LogP) is 5.66. The monoisotopic (exact) mass is 419 g/mol. The molecule has 6 heteroatoms. The fourth-order valence-corrected chi connectivity index (χ4v) is 6.29. The van der Waals surface area contributed by atoms with Gasteiger partial charge in [-0.2, -0.15) is 0 Å². The molecule has 1 aromatic carbocycles. The van der Waals surface area contributed by atoms with Crippen molar-refractivity contribution < 1.29 is 13.9 Å². The summed E-state index contributed by atoms with van der Waals surface area (Å²) in [6.07, 6.45) is 4.43. The molecular weight excluding hydrogens is 390 g/mol. The van der Waals surface area contributed by atoms with Gasteiger partial charge in [-0.3, -0.25) is 0 Å². The molecule has 0 N–H and O–H groups in total. The van der Waals surface area contributed by atoms with Crippen LogP contribution in [0.2, 0.25) is 0 Å². The van der Waals surface area contributed by atoms with Crippen LogP contribution in [-0.2, 0) is 16.0 Å². The minimum atomic E-state index is -0.435. The smallest absolute Gasteiger partial charge is 0.331 e. The second kappa shape index (κ2) is 9.40. The van der Waals surface area contributed by atoms with E-state index in [1.165, 1.54) is 25.5 Å². The molecule has 28 heavy (non-hydrogen) atoms. The lowest BCUT2D eigenvalue weighted by atomic mass is 10.0. The number of ether oxygens (including phenoxy) is 1. The van der Waals surface area contributed by atoms with E-state index in [-0.39, 0.29) is 5.97 Å². The topological polar surface area (TPSA) is 52.3 Å². The molecule has 0 amide bonds. The SMILES string of the molecule is COC(=O)C1(C)SCC(CCCCc2nc(-c3ccc(C)cc3)oc2C)CS1. The van der Waals surface area contributed by atoms with Crippen molar-refractivity contribution in [1.29, 1.82) is 0 Å². The first-order valence-corrected chi connectivity index (χ1v) is 11.8. The standard InChI is InChI=1S/C22H29NO3S2/c1-15-9-11-18(12-10-15)20-23-19(16(2)26-20)8-6-5-7-17-13-27-22(3,28-14-17)21(24)25-4/h9-12,17H,5-8,13-14H2,1-4H3. The van der Waals surface area contributed by atoms with E-state index in [0.717, 1.165) is 47.3 Å². The number of oxazole rings is 1. The highest BCUT2D eigenvalue weighted by Gasteiger charge is 2.40. The average molecular weight is 420 g/mol. The molecule has 3 rings (SSSR count). The highest BCUT2D eigenvalue weighted by Crippen LogP contribution is 2.45. The van der Waals surface area contributed by atoms with Crippen LogP contribution in [0.1, 0.15) is 43.2 Å². The van der Waals surface area contributed by atoms with Crippen LogP contribution in [0.25, 0.3) is 11.5 Å². The van der Waals surface area contributed by atoms with Crippen molar-refractivity contribution in [3.63, 3.8) is 0 Å². The first kappa shape index (κ1) is 21.3. The molecule has 152 valence electrons. The molecule has 1 fully saturated rings. The van der Waals surface area contributed by atoms with Gasteiger partial charge in [0.15, 0.2) is 4.08 Å². The maximum Gasteiger partial charge on any atom is 0.331 e. The van der Waals surface area contributed by atoms with Crippen LogP contribution in [0.15, 0.2) is 28.7 Å². The normalized spacial score (nSPS) is 22.2. The summed E-state index contributed by atoms with van der Waals surface area (Å²) in [5.74, 6) is 4.24. The average Bonchev–Trinajstić information content (AvgIpc) is 3.07. The summed E-state index contributed by atoms with van der Waals surface area (Å²) in [6.45, 7) is 6.06. The Morgan fingerprint density at radius 1 is 1.21 bits per heavy atom. The first-order valence-electron chi connectivity index (χ1n) is 9.81. The minimum absolute atomic E-state index is 0.119. The number of methoxy groups -OCH3 is 1. The summed E-state index contributed by atoms with van der Waals surface area (Å²) in [6, 6.07) is 8.29. The molecule has 1 aliphatic heterocycles. The maximum absolute atomic E-state index is 11.9. The highest BCUT2D eigenvalue weighted by molar-refractivity contribution is 8.19. The van der Waals surface area contributed by atoms with E-state index >= 15 is 0 Å². The molecule has 1 aromatic heterocycles. The van der Waals surface area contributed by atoms with Gasteiger partial charge in [0.25, 0.3) is 0 Å². The Bertz CT molecular complexity index is 793. The molecule has 0 radical (unpaired) electrons. The van der Waals surface area contributed by atoms with Gasteiger partial charge in [0.05, 0.1) is 12.8 Å². The van der Waals surface area contributed by atoms with Gasteiger partial charge >= 0.3 is 5.97 Å². The number of unbranched alkanes of at least 4 members (excludes halogenated alkanes) is 1. The van der Waals surface area contributed by atoms with Gasteiger partial charge in [-0.1, -0.05) is 24.1 Å². The van der Waals surface area contributed by atoms with Gasteiger partial charge in [0, 0.05) is 5.56 Å². The number of aromatic nitrogens is 1. The lowest BCUT2D eigenvalue weighted by Gasteiger charge is -2.33. The molecule has 0 unspecified atom stereocenters. The van der Waals surface area contributed by atoms with Crippen LogP contribution in [0.4, 0.5) is 0 Å². The fraction of sp³-hybridized carbons (Fsp3) is 0.545. The van der Waals surface area contributed by atoms with E-state index in [2.05, 4.69) is 31.2 Å². The van der Waals surface area contributed by atoms with Crippen molar-refractivity contribution >= 4 is 29.5 Å². The van der Waals surface area contributed by atoms with Gasteiger partial charge < -0.3 is 9.15 Å². The number of aryl methyl sites for hydroxylation is 3. The molecule has 2 aromatic rings. The Morgan fingerprint density at radius 3 is 2.54 bits per heavy atom. The van der Waals surface area contributed by atoms with Crippen LogP contribution in [-0.4, -0.2) is 33.6 Å². The van der Waals surface area contributed by atoms with Crippen molar-refractivity contribution in [1.82, 2.24) is 4.98 Å². The van der Waals surface area contributed by atoms with Crippen LogP contribution in [0.3, 0.4) is 0 Å². The number of carbonyl (C=O) groups excluding carboxylic acids is 1. The molecule has 0 spiro atoms. The van der Waals surface area contributed by atoms with Crippen LogP contribution >= 0.6 is 23.5 Å². The van der Waals surface area contributed by atoms with Crippen molar-refractivity contribution in [2.75, 3.05) is 18.6 Å². The summed E-state index contributed by atoms with van der Waals surface area (Å²) in [4.78, 5) is 16.6. The van der Waals surface area contributed by atoms with Crippen molar-refractivity contribution in [2.24, 2.45) is 5.92 Å². The molecule has 0 bridgehead atoms. The van der Waals surface area contributed by atoms with E-state index < -0.39 is 4.08 Å². The number of hydrogen-bond acceptors (Lipinski definition) is 6. The molecule has 4 nitrogen and oxygen atoms in total. The Morgan fingerprint density at radius 2 is 1.89 bits per heavy atom. The minimum Gasteiger partial charge on any atom is -0.467 e. The van der Waals surface area contributed by atoms with Crippen molar-refractivity contribution in [3.05, 3.63) is 41.3 Å². The van der Waals surface area contributed by atoms with Gasteiger partial charge in [0.2, 0.25) is 5.89 Å². The van der Waals surface area contributed by atoms with E-state index in [9.17, 15) is 4.79 Å². The third kappa shape index (κ3) is 5.15. The molecule has 0 atom stereocenters. The van der Waals surface area contributed by atoms with E-state index in [1.54, 1.807) is 23.5 Å². The zero-order chi connectivity index (χ0) is 20.1. The lowest BCUT2D eigenvalue weighted by Crippen LogP contribution is -2.35. The van der Waals surface area contributed by atoms with Gasteiger partial charge in [0.1, 0.15) is 5.76 Å².